The summed E-state index contributed by atoms with van der Waals surface area (Å²) in [6, 6.07) is 13.4. The molecule has 4 heteroatoms. The molecule has 0 fully saturated rings. The predicted octanol–water partition coefficient (Wildman–Crippen LogP) is 3.54. The van der Waals surface area contributed by atoms with Crippen LogP contribution in [0.15, 0.2) is 60.7 Å². The van der Waals surface area contributed by atoms with Gasteiger partial charge >= 0.3 is 0 Å². The van der Waals surface area contributed by atoms with Crippen molar-refractivity contribution in [1.82, 2.24) is 5.32 Å². The number of Topliss-reactive ketones (excluding diaryl/α,β-unsaturated/α-hetero) is 2. The smallest absolute Gasteiger partial charge is 0.243 e. The van der Waals surface area contributed by atoms with Crippen LogP contribution < -0.4 is 5.32 Å². The Balaban J connectivity index is 2.12. The maximum atomic E-state index is 12.3. The molecule has 2 aromatic rings. The molecule has 0 atom stereocenters. The van der Waals surface area contributed by atoms with Gasteiger partial charge in [-0.3, -0.25) is 14.4 Å². The molecule has 126 valence electrons. The van der Waals surface area contributed by atoms with Crippen LogP contribution in [-0.2, 0) is 4.79 Å². The number of likely N-dealkylation sites (N-methyl/N-ethyl adjacent to an activating group) is 1. The lowest BCUT2D eigenvalue weighted by Crippen LogP contribution is -2.14. The van der Waals surface area contributed by atoms with Gasteiger partial charge in [0.15, 0.2) is 0 Å². The largest absolute Gasteiger partial charge is 0.356 e. The minimum atomic E-state index is -0.555. The van der Waals surface area contributed by atoms with Crippen LogP contribution in [0, 0.1) is 0 Å². The first kappa shape index (κ1) is 18.1. The van der Waals surface area contributed by atoms with Crippen LogP contribution in [0.3, 0.4) is 0 Å². The zero-order chi connectivity index (χ0) is 18.2. The first-order valence-electron chi connectivity index (χ1n) is 7.87. The van der Waals surface area contributed by atoms with E-state index in [0.717, 1.165) is 11.1 Å². The van der Waals surface area contributed by atoms with Gasteiger partial charge < -0.3 is 5.32 Å². The third kappa shape index (κ3) is 4.85. The van der Waals surface area contributed by atoms with Crippen molar-refractivity contribution in [1.29, 1.82) is 0 Å². The lowest BCUT2D eigenvalue weighted by Gasteiger charge is -2.02. The van der Waals surface area contributed by atoms with Crippen LogP contribution in [0.4, 0.5) is 0 Å². The van der Waals surface area contributed by atoms with Crippen LogP contribution >= 0.6 is 0 Å². The summed E-state index contributed by atoms with van der Waals surface area (Å²) >= 11 is 0. The highest BCUT2D eigenvalue weighted by Crippen LogP contribution is 2.12. The number of rotatable bonds is 6. The van der Waals surface area contributed by atoms with E-state index in [1.807, 2.05) is 19.1 Å². The van der Waals surface area contributed by atoms with Crippen molar-refractivity contribution < 1.29 is 14.4 Å². The molecule has 0 spiro atoms. The molecule has 0 unspecified atom stereocenters. The Kier molecular flexibility index (Phi) is 6.18. The molecule has 0 aliphatic heterocycles. The van der Waals surface area contributed by atoms with E-state index in [2.05, 4.69) is 5.32 Å². The van der Waals surface area contributed by atoms with E-state index in [-0.39, 0.29) is 5.91 Å². The van der Waals surface area contributed by atoms with Gasteiger partial charge in [0.2, 0.25) is 17.5 Å². The molecule has 0 saturated carbocycles. The monoisotopic (exact) mass is 333 g/mol. The maximum Gasteiger partial charge on any atom is 0.243 e. The zero-order valence-electron chi connectivity index (χ0n) is 14.2. The minimum Gasteiger partial charge on any atom is -0.356 e. The van der Waals surface area contributed by atoms with Crippen molar-refractivity contribution in [2.75, 3.05) is 7.05 Å². The van der Waals surface area contributed by atoms with Crippen LogP contribution in [-0.4, -0.2) is 24.5 Å². The van der Waals surface area contributed by atoms with Gasteiger partial charge in [0, 0.05) is 24.3 Å². The number of carbonyl (C=O) groups excluding carboxylic acids is 3. The normalized spacial score (nSPS) is 11.0. The molecule has 4 nitrogen and oxygen atoms in total. The number of hydrogen-bond acceptors (Lipinski definition) is 3. The second-order valence-electron chi connectivity index (χ2n) is 5.35. The van der Waals surface area contributed by atoms with Gasteiger partial charge in [0.05, 0.1) is 0 Å². The summed E-state index contributed by atoms with van der Waals surface area (Å²) in [7, 11) is 1.55. The SMILES string of the molecule is C/C=C/c1ccc(C(=O)C(=O)c2ccc(/C=C/C(=O)NC)cc2)cc1. The molecular weight excluding hydrogens is 314 g/mol. The lowest BCUT2D eigenvalue weighted by atomic mass is 9.99. The van der Waals surface area contributed by atoms with Crippen LogP contribution in [0.1, 0.15) is 38.8 Å². The molecule has 0 radical (unpaired) electrons. The van der Waals surface area contributed by atoms with E-state index >= 15 is 0 Å². The van der Waals surface area contributed by atoms with Crippen molar-refractivity contribution in [3.05, 3.63) is 82.9 Å². The fourth-order valence-electron chi connectivity index (χ4n) is 2.20. The molecule has 0 heterocycles. The number of benzene rings is 2. The number of hydrogen-bond donors (Lipinski definition) is 1. The summed E-state index contributed by atoms with van der Waals surface area (Å²) in [6.07, 6.45) is 6.85. The Bertz CT molecular complexity index is 828. The van der Waals surface area contributed by atoms with E-state index in [1.54, 1.807) is 61.7 Å². The van der Waals surface area contributed by atoms with Gasteiger partial charge in [0.1, 0.15) is 0 Å². The van der Waals surface area contributed by atoms with Gasteiger partial charge in [0.25, 0.3) is 0 Å². The van der Waals surface area contributed by atoms with E-state index in [4.69, 9.17) is 0 Å². The predicted molar refractivity (Wildman–Crippen MR) is 99.4 cm³/mol. The van der Waals surface area contributed by atoms with Gasteiger partial charge in [-0.2, -0.15) is 0 Å². The number of carbonyl (C=O) groups is 3. The van der Waals surface area contributed by atoms with Gasteiger partial charge in [-0.25, -0.2) is 0 Å². The van der Waals surface area contributed by atoms with Gasteiger partial charge in [-0.1, -0.05) is 60.7 Å². The second-order valence-corrected chi connectivity index (χ2v) is 5.35. The number of allylic oxidation sites excluding steroid dienone is 1. The topological polar surface area (TPSA) is 63.2 Å². The third-order valence-corrected chi connectivity index (χ3v) is 3.58. The summed E-state index contributed by atoms with van der Waals surface area (Å²) < 4.78 is 0. The third-order valence-electron chi connectivity index (χ3n) is 3.58. The molecule has 1 amide bonds. The van der Waals surface area contributed by atoms with Crippen molar-refractivity contribution in [3.8, 4) is 0 Å². The summed E-state index contributed by atoms with van der Waals surface area (Å²) in [4.78, 5) is 35.8. The van der Waals surface area contributed by atoms with E-state index in [1.165, 1.54) is 6.08 Å². The lowest BCUT2D eigenvalue weighted by molar-refractivity contribution is -0.115. The molecule has 2 rings (SSSR count). The highest BCUT2D eigenvalue weighted by atomic mass is 16.2. The molecule has 1 N–H and O–H groups in total. The summed E-state index contributed by atoms with van der Waals surface area (Å²) in [5, 5.41) is 2.48. The van der Waals surface area contributed by atoms with E-state index < -0.39 is 11.6 Å². The van der Waals surface area contributed by atoms with Crippen LogP contribution in [0.5, 0.6) is 0 Å². The Morgan fingerprint density at radius 3 is 1.60 bits per heavy atom. The molecule has 0 saturated heterocycles. The van der Waals surface area contributed by atoms with Gasteiger partial charge in [-0.15, -0.1) is 0 Å². The summed E-state index contributed by atoms with van der Waals surface area (Å²) in [6.45, 7) is 1.91. The van der Waals surface area contributed by atoms with Gasteiger partial charge in [-0.05, 0) is 24.1 Å². The van der Waals surface area contributed by atoms with E-state index in [0.29, 0.717) is 11.1 Å². The fraction of sp³-hybridized carbons (Fsp3) is 0.0952. The molecule has 0 aromatic heterocycles. The zero-order valence-corrected chi connectivity index (χ0v) is 14.2. The maximum absolute atomic E-state index is 12.3. The highest BCUT2D eigenvalue weighted by Gasteiger charge is 2.17. The second kappa shape index (κ2) is 8.55. The average Bonchev–Trinajstić information content (AvgIpc) is 2.66. The Morgan fingerprint density at radius 1 is 0.760 bits per heavy atom. The number of nitrogens with one attached hydrogen (secondary N) is 1. The van der Waals surface area contributed by atoms with Crippen LogP contribution in [0.2, 0.25) is 0 Å². The summed E-state index contributed by atoms with van der Waals surface area (Å²) in [5.41, 5.74) is 2.42. The first-order valence-corrected chi connectivity index (χ1v) is 7.87. The minimum absolute atomic E-state index is 0.211. The Labute approximate surface area is 146 Å². The molecule has 0 aliphatic carbocycles. The standard InChI is InChI=1S/C21H19NO3/c1-3-4-15-5-10-17(11-6-15)20(24)21(25)18-12-7-16(8-13-18)9-14-19(23)22-2/h3-14H,1-2H3,(H,22,23)/b4-3+,14-9+. The number of ketones is 2. The Morgan fingerprint density at radius 2 is 1.20 bits per heavy atom. The van der Waals surface area contributed by atoms with Crippen molar-refractivity contribution in [2.45, 2.75) is 6.92 Å². The fourth-order valence-corrected chi connectivity index (χ4v) is 2.20. The first-order chi connectivity index (χ1) is 12.0. The average molecular weight is 333 g/mol. The highest BCUT2D eigenvalue weighted by molar-refractivity contribution is 6.49. The van der Waals surface area contributed by atoms with Crippen LogP contribution in [0.25, 0.3) is 12.2 Å². The van der Waals surface area contributed by atoms with E-state index in [9.17, 15) is 14.4 Å². The Hall–Kier alpha value is -3.27. The molecule has 25 heavy (non-hydrogen) atoms. The summed E-state index contributed by atoms with van der Waals surface area (Å²) in [5.74, 6) is -1.31. The molecule has 2 aromatic carbocycles. The van der Waals surface area contributed by atoms with Crippen molar-refractivity contribution >= 4 is 29.6 Å². The molecule has 0 aliphatic rings. The number of amides is 1. The van der Waals surface area contributed by atoms with Crippen molar-refractivity contribution in [2.24, 2.45) is 0 Å². The molecule has 0 bridgehead atoms. The van der Waals surface area contributed by atoms with Crippen molar-refractivity contribution in [3.63, 3.8) is 0 Å². The quantitative estimate of drug-likeness (QED) is 0.499. The molecular formula is C21H19NO3.